The van der Waals surface area contributed by atoms with Crippen LogP contribution in [0.25, 0.3) is 0 Å². The molecule has 3 N–H and O–H groups in total. The lowest BCUT2D eigenvalue weighted by Crippen LogP contribution is -2.36. The second-order valence-electron chi connectivity index (χ2n) is 3.34. The van der Waals surface area contributed by atoms with Gasteiger partial charge < -0.3 is 10.5 Å². The summed E-state index contributed by atoms with van der Waals surface area (Å²) < 4.78 is 45.7. The van der Waals surface area contributed by atoms with Crippen LogP contribution in [-0.4, -0.2) is 19.0 Å². The molecule has 112 valence electrons. The Morgan fingerprint density at radius 1 is 1.45 bits per heavy atom. The Kier molecular flexibility index (Phi) is 6.60. The van der Waals surface area contributed by atoms with E-state index in [-0.39, 0.29) is 23.7 Å². The van der Waals surface area contributed by atoms with Gasteiger partial charge in [-0.25, -0.2) is 0 Å². The van der Waals surface area contributed by atoms with Gasteiger partial charge in [0.25, 0.3) is 5.91 Å². The number of hydrogen-bond donors (Lipinski definition) is 2. The van der Waals surface area contributed by atoms with Crippen LogP contribution in [0.15, 0.2) is 22.7 Å². The molecule has 0 saturated carbocycles. The van der Waals surface area contributed by atoms with E-state index in [1.807, 2.05) is 5.32 Å². The Morgan fingerprint density at radius 3 is 2.50 bits per heavy atom. The van der Waals surface area contributed by atoms with Crippen molar-refractivity contribution in [2.24, 2.45) is 10.2 Å². The molecule has 0 atom stereocenters. The molecular formula is C10H10Cl2F3N3O2. The molecule has 0 saturated heterocycles. The Morgan fingerprint density at radius 2 is 2.05 bits per heavy atom. The van der Waals surface area contributed by atoms with Gasteiger partial charge in [0.05, 0.1) is 12.7 Å². The Balaban J connectivity index is 0.00000361. The van der Waals surface area contributed by atoms with E-state index >= 15 is 0 Å². The number of ether oxygens (including phenoxy) is 1. The fraction of sp³-hybridized carbons (Fsp3) is 0.200. The molecule has 0 aromatic heterocycles. The number of amides is 1. The summed E-state index contributed by atoms with van der Waals surface area (Å²) >= 11 is 4.98. The van der Waals surface area contributed by atoms with Crippen molar-refractivity contribution < 1.29 is 22.7 Å². The lowest BCUT2D eigenvalue weighted by atomic mass is 10.1. The minimum absolute atomic E-state index is 0. The summed E-state index contributed by atoms with van der Waals surface area (Å²) in [5.41, 5.74) is 3.81. The number of nitrogens with two attached hydrogens (primary N) is 1. The van der Waals surface area contributed by atoms with Crippen LogP contribution >= 0.6 is 24.2 Å². The average molecular weight is 332 g/mol. The third-order valence-corrected chi connectivity index (χ3v) is 2.28. The van der Waals surface area contributed by atoms with Crippen molar-refractivity contribution in [3.63, 3.8) is 0 Å². The molecule has 0 bridgehead atoms. The van der Waals surface area contributed by atoms with Crippen molar-refractivity contribution in [2.75, 3.05) is 7.11 Å². The van der Waals surface area contributed by atoms with E-state index in [0.29, 0.717) is 6.07 Å². The number of alkyl halides is 3. The standard InChI is InChI=1S/C10H9ClF3N3O2.ClH/c1-19-7-3-2-5(4-6(7)10(12,13)14)8(18)16-9(15)17-11;/h2-4H,1H3,(H3,15,16,17,18);1H. The summed E-state index contributed by atoms with van der Waals surface area (Å²) in [6.45, 7) is 0. The van der Waals surface area contributed by atoms with Gasteiger partial charge in [0.15, 0.2) is 0 Å². The predicted molar refractivity (Wildman–Crippen MR) is 70.2 cm³/mol. The fourth-order valence-corrected chi connectivity index (χ4v) is 1.32. The topological polar surface area (TPSA) is 76.7 Å². The van der Waals surface area contributed by atoms with Gasteiger partial charge in [0.2, 0.25) is 5.96 Å². The first-order valence-corrected chi connectivity index (χ1v) is 5.14. The zero-order valence-electron chi connectivity index (χ0n) is 9.99. The predicted octanol–water partition coefficient (Wildman–Crippen LogP) is 2.33. The SMILES string of the molecule is COc1ccc(C(=O)NC(N)=NCl)cc1C(F)(F)F.Cl. The highest BCUT2D eigenvalue weighted by molar-refractivity contribution is 6.21. The van der Waals surface area contributed by atoms with Gasteiger partial charge in [-0.05, 0) is 18.2 Å². The van der Waals surface area contributed by atoms with Crippen LogP contribution in [0.3, 0.4) is 0 Å². The molecule has 5 nitrogen and oxygen atoms in total. The smallest absolute Gasteiger partial charge is 0.419 e. The average Bonchev–Trinajstić information content (AvgIpc) is 2.36. The number of carbonyl (C=O) groups is 1. The van der Waals surface area contributed by atoms with Crippen LogP contribution in [-0.2, 0) is 6.18 Å². The lowest BCUT2D eigenvalue weighted by Gasteiger charge is -2.13. The minimum Gasteiger partial charge on any atom is -0.496 e. The van der Waals surface area contributed by atoms with Crippen molar-refractivity contribution in [1.29, 1.82) is 0 Å². The Bertz CT molecular complexity index is 521. The quantitative estimate of drug-likeness (QED) is 0.645. The Hall–Kier alpha value is -1.67. The van der Waals surface area contributed by atoms with Crippen LogP contribution in [0, 0.1) is 0 Å². The second kappa shape index (κ2) is 7.20. The molecule has 0 fully saturated rings. The molecule has 20 heavy (non-hydrogen) atoms. The van der Waals surface area contributed by atoms with E-state index in [9.17, 15) is 18.0 Å². The molecule has 0 aliphatic heterocycles. The molecule has 0 unspecified atom stereocenters. The van der Waals surface area contributed by atoms with Crippen molar-refractivity contribution >= 4 is 36.1 Å². The molecule has 0 aliphatic rings. The maximum absolute atomic E-state index is 12.7. The molecular weight excluding hydrogens is 322 g/mol. The maximum atomic E-state index is 12.7. The summed E-state index contributed by atoms with van der Waals surface area (Å²) in [4.78, 5) is 11.6. The second-order valence-corrected chi connectivity index (χ2v) is 3.51. The van der Waals surface area contributed by atoms with Crippen molar-refractivity contribution in [3.8, 4) is 5.75 Å². The van der Waals surface area contributed by atoms with Gasteiger partial charge >= 0.3 is 6.18 Å². The van der Waals surface area contributed by atoms with Crippen LogP contribution in [0.4, 0.5) is 13.2 Å². The van der Waals surface area contributed by atoms with E-state index in [4.69, 9.17) is 17.5 Å². The number of guanidine groups is 1. The monoisotopic (exact) mass is 331 g/mol. The normalized spacial score (nSPS) is 11.6. The third-order valence-electron chi connectivity index (χ3n) is 2.10. The summed E-state index contributed by atoms with van der Waals surface area (Å²) in [5, 5.41) is 2.01. The van der Waals surface area contributed by atoms with E-state index in [2.05, 4.69) is 9.25 Å². The fourth-order valence-electron chi connectivity index (χ4n) is 1.28. The molecule has 0 spiro atoms. The summed E-state index contributed by atoms with van der Waals surface area (Å²) in [5.74, 6) is -1.67. The molecule has 0 aliphatic carbocycles. The molecule has 0 heterocycles. The lowest BCUT2D eigenvalue weighted by molar-refractivity contribution is -0.138. The number of nitrogens with zero attached hydrogens (tertiary/aromatic N) is 1. The highest BCUT2D eigenvalue weighted by Crippen LogP contribution is 2.36. The van der Waals surface area contributed by atoms with Gasteiger partial charge in [-0.2, -0.15) is 13.2 Å². The number of hydrogen-bond acceptors (Lipinski definition) is 3. The highest BCUT2D eigenvalue weighted by atomic mass is 35.5. The first-order valence-electron chi connectivity index (χ1n) is 4.80. The third kappa shape index (κ3) is 4.46. The van der Waals surface area contributed by atoms with Crippen molar-refractivity contribution in [1.82, 2.24) is 5.32 Å². The van der Waals surface area contributed by atoms with Crippen LogP contribution in [0.5, 0.6) is 5.75 Å². The number of carbonyl (C=O) groups excluding carboxylic acids is 1. The number of methoxy groups -OCH3 is 1. The first kappa shape index (κ1) is 18.3. The van der Waals surface area contributed by atoms with Crippen molar-refractivity contribution in [3.05, 3.63) is 29.3 Å². The van der Waals surface area contributed by atoms with Crippen LogP contribution in [0.2, 0.25) is 0 Å². The highest BCUT2D eigenvalue weighted by Gasteiger charge is 2.35. The molecule has 10 heteroatoms. The summed E-state index contributed by atoms with van der Waals surface area (Å²) in [6, 6.07) is 2.84. The molecule has 1 amide bonds. The summed E-state index contributed by atoms with van der Waals surface area (Å²) in [6.07, 6.45) is -4.65. The zero-order chi connectivity index (χ0) is 14.6. The van der Waals surface area contributed by atoms with E-state index in [1.165, 1.54) is 0 Å². The number of rotatable bonds is 2. The van der Waals surface area contributed by atoms with Crippen molar-refractivity contribution in [2.45, 2.75) is 6.18 Å². The van der Waals surface area contributed by atoms with E-state index in [0.717, 1.165) is 19.2 Å². The Labute approximate surface area is 123 Å². The first-order chi connectivity index (χ1) is 8.79. The molecule has 1 aromatic carbocycles. The van der Waals surface area contributed by atoms with Gasteiger partial charge in [0, 0.05) is 17.3 Å². The van der Waals surface area contributed by atoms with Gasteiger partial charge in [-0.15, -0.1) is 16.9 Å². The largest absolute Gasteiger partial charge is 0.496 e. The van der Waals surface area contributed by atoms with Crippen LogP contribution < -0.4 is 15.8 Å². The minimum atomic E-state index is -4.65. The number of nitrogens with one attached hydrogen (secondary N) is 1. The maximum Gasteiger partial charge on any atom is 0.419 e. The molecule has 1 aromatic rings. The summed E-state index contributed by atoms with van der Waals surface area (Å²) in [7, 11) is 1.10. The van der Waals surface area contributed by atoms with E-state index < -0.39 is 23.6 Å². The van der Waals surface area contributed by atoms with E-state index in [1.54, 1.807) is 0 Å². The van der Waals surface area contributed by atoms with Gasteiger partial charge in [-0.3, -0.25) is 10.1 Å². The van der Waals surface area contributed by atoms with Gasteiger partial charge in [0.1, 0.15) is 5.75 Å². The number of benzene rings is 1. The van der Waals surface area contributed by atoms with Gasteiger partial charge in [-0.1, -0.05) is 0 Å². The molecule has 0 radical (unpaired) electrons. The van der Waals surface area contributed by atoms with Crippen LogP contribution in [0.1, 0.15) is 15.9 Å². The number of halogens is 5. The molecule has 1 rings (SSSR count). The zero-order valence-corrected chi connectivity index (χ0v) is 11.6.